The van der Waals surface area contributed by atoms with Crippen molar-refractivity contribution in [2.24, 2.45) is 5.92 Å². The molecule has 1 aliphatic rings. The van der Waals surface area contributed by atoms with Gasteiger partial charge in [0.1, 0.15) is 0 Å². The molecule has 1 saturated carbocycles. The number of benzene rings is 1. The maximum atomic E-state index is 11.7. The number of hydrogen-bond donors (Lipinski definition) is 2. The molecule has 1 fully saturated rings. The maximum absolute atomic E-state index is 11.7. The molecule has 1 aromatic carbocycles. The van der Waals surface area contributed by atoms with Gasteiger partial charge in [-0.3, -0.25) is 0 Å². The highest BCUT2D eigenvalue weighted by Crippen LogP contribution is 2.32. The molecule has 0 bridgehead atoms. The molecule has 2 rings (SSSR count). The van der Waals surface area contributed by atoms with Gasteiger partial charge in [-0.15, -0.1) is 0 Å². The van der Waals surface area contributed by atoms with Crippen LogP contribution in [0.15, 0.2) is 24.3 Å². The third kappa shape index (κ3) is 3.48. The van der Waals surface area contributed by atoms with Crippen molar-refractivity contribution >= 4 is 11.7 Å². The van der Waals surface area contributed by atoms with Crippen LogP contribution in [0.1, 0.15) is 32.3 Å². The fourth-order valence-electron chi connectivity index (χ4n) is 1.91. The molecular formula is C14H20N2O. The number of carbonyl (C=O) groups excluding carboxylic acids is 1. The number of hydrogen-bond acceptors (Lipinski definition) is 1. The van der Waals surface area contributed by atoms with Crippen molar-refractivity contribution in [3.05, 3.63) is 29.8 Å². The van der Waals surface area contributed by atoms with Crippen molar-refractivity contribution in [1.82, 2.24) is 5.32 Å². The highest BCUT2D eigenvalue weighted by Gasteiger charge is 2.28. The fourth-order valence-corrected chi connectivity index (χ4v) is 1.91. The first-order chi connectivity index (χ1) is 8.19. The van der Waals surface area contributed by atoms with Gasteiger partial charge in [0.25, 0.3) is 0 Å². The Hall–Kier alpha value is -1.51. The largest absolute Gasteiger partial charge is 0.335 e. The van der Waals surface area contributed by atoms with Crippen LogP contribution in [-0.4, -0.2) is 12.1 Å². The normalized spacial score (nSPS) is 16.4. The number of amides is 2. The lowest BCUT2D eigenvalue weighted by molar-refractivity contribution is 0.248. The number of urea groups is 1. The molecule has 2 N–H and O–H groups in total. The molecule has 0 aliphatic heterocycles. The molecule has 0 radical (unpaired) electrons. The van der Waals surface area contributed by atoms with E-state index >= 15 is 0 Å². The summed E-state index contributed by atoms with van der Waals surface area (Å²) in [4.78, 5) is 11.7. The molecule has 1 aliphatic carbocycles. The third-order valence-corrected chi connectivity index (χ3v) is 3.31. The first kappa shape index (κ1) is 12.0. The number of aryl methyl sites for hydroxylation is 1. The van der Waals surface area contributed by atoms with Crippen LogP contribution >= 0.6 is 0 Å². The van der Waals surface area contributed by atoms with E-state index in [-0.39, 0.29) is 12.1 Å². The molecule has 17 heavy (non-hydrogen) atoms. The minimum absolute atomic E-state index is 0.103. The molecule has 0 aromatic heterocycles. The van der Waals surface area contributed by atoms with Crippen molar-refractivity contribution in [3.8, 4) is 0 Å². The summed E-state index contributed by atoms with van der Waals surface area (Å²) in [6.45, 7) is 4.18. The lowest BCUT2D eigenvalue weighted by Gasteiger charge is -2.13. The molecule has 3 heteroatoms. The van der Waals surface area contributed by atoms with E-state index in [1.807, 2.05) is 24.3 Å². The zero-order valence-corrected chi connectivity index (χ0v) is 10.5. The summed E-state index contributed by atoms with van der Waals surface area (Å²) in [5.41, 5.74) is 2.13. The monoisotopic (exact) mass is 232 g/mol. The van der Waals surface area contributed by atoms with E-state index in [2.05, 4.69) is 24.5 Å². The Morgan fingerprint density at radius 3 is 2.53 bits per heavy atom. The second-order valence-electron chi connectivity index (χ2n) is 4.78. The molecule has 2 amide bonds. The van der Waals surface area contributed by atoms with Crippen molar-refractivity contribution in [3.63, 3.8) is 0 Å². The Kier molecular flexibility index (Phi) is 3.67. The quantitative estimate of drug-likeness (QED) is 0.822. The van der Waals surface area contributed by atoms with Gasteiger partial charge in [-0.2, -0.15) is 0 Å². The molecule has 3 nitrogen and oxygen atoms in total. The lowest BCUT2D eigenvalue weighted by atomic mass is 10.1. The van der Waals surface area contributed by atoms with Crippen molar-refractivity contribution in [2.45, 2.75) is 39.2 Å². The fraction of sp³-hybridized carbons (Fsp3) is 0.500. The molecule has 1 atom stereocenters. The van der Waals surface area contributed by atoms with Crippen LogP contribution in [0.25, 0.3) is 0 Å². The Bertz CT molecular complexity index is 382. The van der Waals surface area contributed by atoms with Gasteiger partial charge >= 0.3 is 6.03 Å². The van der Waals surface area contributed by atoms with E-state index in [9.17, 15) is 4.79 Å². The van der Waals surface area contributed by atoms with Crippen LogP contribution in [0.5, 0.6) is 0 Å². The van der Waals surface area contributed by atoms with Crippen LogP contribution in [0.3, 0.4) is 0 Å². The highest BCUT2D eigenvalue weighted by molar-refractivity contribution is 5.89. The summed E-state index contributed by atoms with van der Waals surface area (Å²) in [6.07, 6.45) is 3.50. The molecular weight excluding hydrogens is 212 g/mol. The predicted octanol–water partition coefficient (Wildman–Crippen LogP) is 3.17. The lowest BCUT2D eigenvalue weighted by Crippen LogP contribution is -2.37. The summed E-state index contributed by atoms with van der Waals surface area (Å²) in [6, 6.07) is 8.15. The Morgan fingerprint density at radius 1 is 1.35 bits per heavy atom. The van der Waals surface area contributed by atoms with Gasteiger partial charge in [-0.1, -0.05) is 19.1 Å². The molecule has 0 heterocycles. The topological polar surface area (TPSA) is 41.1 Å². The summed E-state index contributed by atoms with van der Waals surface area (Å²) >= 11 is 0. The summed E-state index contributed by atoms with van der Waals surface area (Å²) in [5, 5.41) is 5.83. The Balaban J connectivity index is 1.84. The van der Waals surface area contributed by atoms with Gasteiger partial charge in [0.05, 0.1) is 0 Å². The van der Waals surface area contributed by atoms with E-state index in [1.54, 1.807) is 0 Å². The minimum Gasteiger partial charge on any atom is -0.335 e. The van der Waals surface area contributed by atoms with Crippen molar-refractivity contribution in [1.29, 1.82) is 0 Å². The van der Waals surface area contributed by atoms with Gasteiger partial charge in [-0.25, -0.2) is 4.79 Å². The first-order valence-corrected chi connectivity index (χ1v) is 6.35. The standard InChI is InChI=1S/C14H20N2O/c1-3-11-4-8-13(9-5-11)16-14(17)15-10(2)12-6-7-12/h4-5,8-10,12H,3,6-7H2,1-2H3,(H2,15,16,17). The third-order valence-electron chi connectivity index (χ3n) is 3.31. The number of nitrogens with one attached hydrogen (secondary N) is 2. The van der Waals surface area contributed by atoms with Gasteiger partial charge in [0.15, 0.2) is 0 Å². The summed E-state index contributed by atoms with van der Waals surface area (Å²) < 4.78 is 0. The van der Waals surface area contributed by atoms with E-state index in [0.717, 1.165) is 12.1 Å². The van der Waals surface area contributed by atoms with Crippen molar-refractivity contribution < 1.29 is 4.79 Å². The first-order valence-electron chi connectivity index (χ1n) is 6.35. The van der Waals surface area contributed by atoms with Crippen LogP contribution < -0.4 is 10.6 Å². The minimum atomic E-state index is -0.103. The highest BCUT2D eigenvalue weighted by atomic mass is 16.2. The second kappa shape index (κ2) is 5.21. The Morgan fingerprint density at radius 2 is 2.00 bits per heavy atom. The summed E-state index contributed by atoms with van der Waals surface area (Å²) in [7, 11) is 0. The van der Waals surface area contributed by atoms with Crippen LogP contribution in [0.4, 0.5) is 10.5 Å². The van der Waals surface area contributed by atoms with Crippen LogP contribution in [0.2, 0.25) is 0 Å². The molecule has 0 spiro atoms. The molecule has 0 saturated heterocycles. The average molecular weight is 232 g/mol. The number of rotatable bonds is 4. The summed E-state index contributed by atoms with van der Waals surface area (Å²) in [5.74, 6) is 0.684. The smallest absolute Gasteiger partial charge is 0.319 e. The van der Waals surface area contributed by atoms with E-state index in [4.69, 9.17) is 0 Å². The molecule has 92 valence electrons. The number of anilines is 1. The van der Waals surface area contributed by atoms with Gasteiger partial charge in [0, 0.05) is 11.7 Å². The molecule has 1 unspecified atom stereocenters. The predicted molar refractivity (Wildman–Crippen MR) is 70.2 cm³/mol. The Labute approximate surface area is 103 Å². The van der Waals surface area contributed by atoms with E-state index in [0.29, 0.717) is 5.92 Å². The zero-order chi connectivity index (χ0) is 12.3. The van der Waals surface area contributed by atoms with E-state index < -0.39 is 0 Å². The maximum Gasteiger partial charge on any atom is 0.319 e. The average Bonchev–Trinajstić information content (AvgIpc) is 3.13. The van der Waals surface area contributed by atoms with Crippen molar-refractivity contribution in [2.75, 3.05) is 5.32 Å². The molecule has 1 aromatic rings. The van der Waals surface area contributed by atoms with Gasteiger partial charge in [-0.05, 0) is 49.8 Å². The van der Waals surface area contributed by atoms with Crippen LogP contribution in [0, 0.1) is 5.92 Å². The number of carbonyl (C=O) groups is 1. The second-order valence-corrected chi connectivity index (χ2v) is 4.78. The zero-order valence-electron chi connectivity index (χ0n) is 10.5. The van der Waals surface area contributed by atoms with Crippen LogP contribution in [-0.2, 0) is 6.42 Å². The van der Waals surface area contributed by atoms with Gasteiger partial charge in [0.2, 0.25) is 0 Å². The van der Waals surface area contributed by atoms with E-state index in [1.165, 1.54) is 18.4 Å². The van der Waals surface area contributed by atoms with Gasteiger partial charge < -0.3 is 10.6 Å². The SMILES string of the molecule is CCc1ccc(NC(=O)NC(C)C2CC2)cc1.